The Bertz CT molecular complexity index is 594. The molecule has 1 aliphatic heterocycles. The lowest BCUT2D eigenvalue weighted by molar-refractivity contribution is -0.119. The van der Waals surface area contributed by atoms with E-state index >= 15 is 0 Å². The highest BCUT2D eigenvalue weighted by molar-refractivity contribution is 9.09. The summed E-state index contributed by atoms with van der Waals surface area (Å²) in [7, 11) is 0. The zero-order valence-corrected chi connectivity index (χ0v) is 17.9. The summed E-state index contributed by atoms with van der Waals surface area (Å²) in [6, 6.07) is 6.78. The fraction of sp³-hybridized carbons (Fsp3) is 0.696. The van der Waals surface area contributed by atoms with Gasteiger partial charge in [0.25, 0.3) is 0 Å². The number of rotatable bonds is 7. The number of alkyl halides is 1. The highest BCUT2D eigenvalue weighted by atomic mass is 79.9. The lowest BCUT2D eigenvalue weighted by atomic mass is 9.86. The van der Waals surface area contributed by atoms with Crippen molar-refractivity contribution in [2.75, 3.05) is 11.4 Å². The number of fused-ring (bicyclic) bond motifs is 1. The lowest BCUT2D eigenvalue weighted by Gasteiger charge is -2.31. The molecular formula is C23H34BrNO. The van der Waals surface area contributed by atoms with Crippen LogP contribution in [-0.2, 0) is 17.6 Å². The van der Waals surface area contributed by atoms with Crippen LogP contribution in [0.15, 0.2) is 18.2 Å². The van der Waals surface area contributed by atoms with E-state index in [1.165, 1.54) is 61.8 Å². The minimum Gasteiger partial charge on any atom is -0.312 e. The molecule has 1 aromatic carbocycles. The van der Waals surface area contributed by atoms with Crippen LogP contribution in [0.3, 0.4) is 0 Å². The average molecular weight is 420 g/mol. The van der Waals surface area contributed by atoms with Crippen molar-refractivity contribution in [3.8, 4) is 0 Å². The van der Waals surface area contributed by atoms with Gasteiger partial charge in [-0.2, -0.15) is 0 Å². The van der Waals surface area contributed by atoms with Crippen molar-refractivity contribution in [3.05, 3.63) is 29.3 Å². The topological polar surface area (TPSA) is 20.3 Å². The van der Waals surface area contributed by atoms with Crippen molar-refractivity contribution in [2.24, 2.45) is 5.92 Å². The molecule has 3 heteroatoms. The van der Waals surface area contributed by atoms with Crippen LogP contribution in [0.5, 0.6) is 0 Å². The quantitative estimate of drug-likeness (QED) is 0.466. The molecule has 1 unspecified atom stereocenters. The molecule has 1 atom stereocenters. The zero-order valence-electron chi connectivity index (χ0n) is 16.3. The summed E-state index contributed by atoms with van der Waals surface area (Å²) in [5.41, 5.74) is 3.95. The Hall–Kier alpha value is -0.830. The minimum absolute atomic E-state index is 0.341. The molecule has 1 amide bonds. The van der Waals surface area contributed by atoms with Crippen LogP contribution >= 0.6 is 15.9 Å². The molecule has 2 aliphatic rings. The van der Waals surface area contributed by atoms with Gasteiger partial charge in [-0.15, -0.1) is 0 Å². The number of hydrogen-bond acceptors (Lipinski definition) is 1. The molecule has 1 saturated carbocycles. The molecule has 2 nitrogen and oxygen atoms in total. The summed E-state index contributed by atoms with van der Waals surface area (Å²) < 4.78 is 0. The number of aryl methyl sites for hydroxylation is 1. The molecule has 1 fully saturated rings. The summed E-state index contributed by atoms with van der Waals surface area (Å²) in [6.07, 6.45) is 14.3. The van der Waals surface area contributed by atoms with E-state index < -0.39 is 0 Å². The highest BCUT2D eigenvalue weighted by Gasteiger charge is 2.24. The van der Waals surface area contributed by atoms with Gasteiger partial charge in [0.1, 0.15) is 0 Å². The Balaban J connectivity index is 1.61. The molecular weight excluding hydrogens is 386 g/mol. The average Bonchev–Trinajstić information content (AvgIpc) is 2.66. The Morgan fingerprint density at radius 1 is 1.23 bits per heavy atom. The molecule has 1 aliphatic carbocycles. The first-order valence-electron chi connectivity index (χ1n) is 10.7. The Morgan fingerprint density at radius 2 is 2.04 bits per heavy atom. The van der Waals surface area contributed by atoms with Gasteiger partial charge in [-0.1, -0.05) is 73.5 Å². The molecule has 26 heavy (non-hydrogen) atoms. The minimum atomic E-state index is 0.341. The maximum atomic E-state index is 12.9. The predicted octanol–water partition coefficient (Wildman–Crippen LogP) is 6.43. The van der Waals surface area contributed by atoms with E-state index in [-0.39, 0.29) is 0 Å². The van der Waals surface area contributed by atoms with Crippen LogP contribution < -0.4 is 4.90 Å². The highest BCUT2D eigenvalue weighted by Crippen LogP contribution is 2.32. The first-order chi connectivity index (χ1) is 12.7. The van der Waals surface area contributed by atoms with Gasteiger partial charge in [-0.05, 0) is 55.2 Å². The number of nitrogens with zero attached hydrogens (tertiary/aromatic N) is 1. The maximum Gasteiger partial charge on any atom is 0.226 e. The van der Waals surface area contributed by atoms with Crippen molar-refractivity contribution in [1.29, 1.82) is 0 Å². The van der Waals surface area contributed by atoms with Crippen LogP contribution in [-0.4, -0.2) is 17.3 Å². The van der Waals surface area contributed by atoms with Crippen LogP contribution in [0, 0.1) is 5.92 Å². The number of amides is 1. The van der Waals surface area contributed by atoms with Crippen molar-refractivity contribution < 1.29 is 4.79 Å². The summed E-state index contributed by atoms with van der Waals surface area (Å²) in [4.78, 5) is 15.5. The summed E-state index contributed by atoms with van der Waals surface area (Å²) in [5.74, 6) is 1.13. The van der Waals surface area contributed by atoms with Gasteiger partial charge in [0.15, 0.2) is 0 Å². The van der Waals surface area contributed by atoms with Gasteiger partial charge < -0.3 is 4.90 Å². The van der Waals surface area contributed by atoms with Gasteiger partial charge in [0.05, 0.1) is 0 Å². The molecule has 0 N–H and O–H groups in total. The van der Waals surface area contributed by atoms with Gasteiger partial charge in [0, 0.05) is 23.5 Å². The fourth-order valence-corrected chi connectivity index (χ4v) is 5.48. The number of anilines is 1. The number of carbonyl (C=O) groups is 1. The molecule has 144 valence electrons. The Labute approximate surface area is 167 Å². The standard InChI is InChI=1S/C23H34BrNO/c1-2-7-21(24)17-19-11-13-22-20(16-19)10-6-15-25(22)23(26)14-12-18-8-4-3-5-9-18/h11,13,16,18,21H,2-10,12,14-15,17H2,1H3. The Kier molecular flexibility index (Phi) is 7.60. The third kappa shape index (κ3) is 5.34. The van der Waals surface area contributed by atoms with Crippen molar-refractivity contribution in [3.63, 3.8) is 0 Å². The second kappa shape index (κ2) is 9.92. The van der Waals surface area contributed by atoms with Crippen molar-refractivity contribution in [2.45, 2.75) is 88.8 Å². The predicted molar refractivity (Wildman–Crippen MR) is 114 cm³/mol. The van der Waals surface area contributed by atoms with Crippen LogP contribution in [0.25, 0.3) is 0 Å². The number of benzene rings is 1. The van der Waals surface area contributed by atoms with E-state index in [1.54, 1.807) is 0 Å². The molecule has 1 aromatic rings. The molecule has 0 spiro atoms. The third-order valence-electron chi connectivity index (χ3n) is 6.11. The van der Waals surface area contributed by atoms with Gasteiger partial charge in [-0.25, -0.2) is 0 Å². The van der Waals surface area contributed by atoms with E-state index in [9.17, 15) is 4.79 Å². The van der Waals surface area contributed by atoms with Crippen LogP contribution in [0.1, 0.15) is 82.3 Å². The lowest BCUT2D eigenvalue weighted by Crippen LogP contribution is -2.35. The van der Waals surface area contributed by atoms with E-state index in [0.717, 1.165) is 44.6 Å². The fourth-order valence-electron chi connectivity index (χ4n) is 4.65. The number of halogens is 1. The van der Waals surface area contributed by atoms with E-state index in [4.69, 9.17) is 0 Å². The van der Waals surface area contributed by atoms with Crippen molar-refractivity contribution >= 4 is 27.5 Å². The Morgan fingerprint density at radius 3 is 2.81 bits per heavy atom. The van der Waals surface area contributed by atoms with Crippen molar-refractivity contribution in [1.82, 2.24) is 0 Å². The normalized spacial score (nSPS) is 19.2. The monoisotopic (exact) mass is 419 g/mol. The second-order valence-corrected chi connectivity index (χ2v) is 9.54. The SMILES string of the molecule is CCCC(Br)Cc1ccc2c(c1)CCCN2C(=O)CCC1CCCCC1. The van der Waals surface area contributed by atoms with E-state index in [2.05, 4.69) is 46.0 Å². The molecule has 0 bridgehead atoms. The van der Waals surface area contributed by atoms with Gasteiger partial charge >= 0.3 is 0 Å². The number of hydrogen-bond donors (Lipinski definition) is 0. The van der Waals surface area contributed by atoms with E-state index in [0.29, 0.717) is 10.7 Å². The largest absolute Gasteiger partial charge is 0.312 e. The molecule has 0 radical (unpaired) electrons. The van der Waals surface area contributed by atoms with Gasteiger partial charge in [-0.3, -0.25) is 4.79 Å². The number of carbonyl (C=O) groups excluding carboxylic acids is 1. The van der Waals surface area contributed by atoms with E-state index in [1.807, 2.05) is 0 Å². The summed E-state index contributed by atoms with van der Waals surface area (Å²) in [5, 5.41) is 0. The van der Waals surface area contributed by atoms with Crippen LogP contribution in [0.4, 0.5) is 5.69 Å². The molecule has 3 rings (SSSR count). The van der Waals surface area contributed by atoms with Gasteiger partial charge in [0.2, 0.25) is 5.91 Å². The smallest absolute Gasteiger partial charge is 0.226 e. The zero-order chi connectivity index (χ0) is 18.4. The molecule has 0 aromatic heterocycles. The maximum absolute atomic E-state index is 12.9. The summed E-state index contributed by atoms with van der Waals surface area (Å²) >= 11 is 3.80. The second-order valence-electron chi connectivity index (χ2n) is 8.24. The molecule has 0 saturated heterocycles. The van der Waals surface area contributed by atoms with Crippen LogP contribution in [0.2, 0.25) is 0 Å². The first kappa shape index (κ1) is 19.9. The summed E-state index contributed by atoms with van der Waals surface area (Å²) in [6.45, 7) is 3.13. The molecule has 1 heterocycles. The first-order valence-corrected chi connectivity index (χ1v) is 11.6. The third-order valence-corrected chi connectivity index (χ3v) is 6.90.